The molecule has 68 valence electrons. The number of carbonyl (C=O) groups is 2. The van der Waals surface area contributed by atoms with Crippen molar-refractivity contribution in [1.29, 1.82) is 0 Å². The summed E-state index contributed by atoms with van der Waals surface area (Å²) in [6.07, 6.45) is 1.16. The van der Waals surface area contributed by atoms with Gasteiger partial charge < -0.3 is 9.84 Å². The lowest BCUT2D eigenvalue weighted by Crippen LogP contribution is -2.14. The van der Waals surface area contributed by atoms with E-state index in [0.717, 1.165) is 0 Å². The summed E-state index contributed by atoms with van der Waals surface area (Å²) in [4.78, 5) is 21.6. The van der Waals surface area contributed by atoms with Crippen molar-refractivity contribution >= 4 is 11.8 Å². The molecule has 0 aromatic carbocycles. The molecule has 0 aromatic heterocycles. The Hall–Kier alpha value is -1.32. The number of Topliss-reactive ketones (excluding diaryl/α,β-unsaturated/α-hetero) is 1. The van der Waals surface area contributed by atoms with Gasteiger partial charge in [-0.05, 0) is 13.3 Å². The van der Waals surface area contributed by atoms with Crippen LogP contribution in [0.25, 0.3) is 0 Å². The van der Waals surface area contributed by atoms with Gasteiger partial charge in [0.2, 0.25) is 0 Å². The van der Waals surface area contributed by atoms with Crippen molar-refractivity contribution < 1.29 is 19.4 Å². The lowest BCUT2D eigenvalue weighted by atomic mass is 10.2. The lowest BCUT2D eigenvalue weighted by Gasteiger charge is -2.02. The topological polar surface area (TPSA) is 63.6 Å². The molecule has 0 spiro atoms. The number of aliphatic hydroxyl groups excluding tert-OH is 1. The predicted molar refractivity (Wildman–Crippen MR) is 42.6 cm³/mol. The van der Waals surface area contributed by atoms with Crippen molar-refractivity contribution in [2.75, 3.05) is 6.61 Å². The molecule has 0 unspecified atom stereocenters. The average molecular weight is 172 g/mol. The fourth-order valence-corrected chi connectivity index (χ4v) is 0.560. The molecule has 0 aromatic rings. The quantitative estimate of drug-likeness (QED) is 0.225. The molecule has 0 aliphatic heterocycles. The lowest BCUT2D eigenvalue weighted by molar-refractivity contribution is -0.140. The maximum Gasteiger partial charge on any atom is 0.344 e. The molecule has 0 atom stereocenters. The zero-order chi connectivity index (χ0) is 9.56. The van der Waals surface area contributed by atoms with Crippen LogP contribution in [-0.2, 0) is 14.3 Å². The van der Waals surface area contributed by atoms with E-state index in [0.29, 0.717) is 12.7 Å². The Balaban J connectivity index is 4.15. The summed E-state index contributed by atoms with van der Waals surface area (Å²) in [5, 5.41) is 8.48. The maximum absolute atomic E-state index is 10.9. The Morgan fingerprint density at radius 2 is 2.08 bits per heavy atom. The van der Waals surface area contributed by atoms with Crippen molar-refractivity contribution in [1.82, 2.24) is 0 Å². The van der Waals surface area contributed by atoms with Gasteiger partial charge >= 0.3 is 5.97 Å². The van der Waals surface area contributed by atoms with Gasteiger partial charge in [0.05, 0.1) is 12.9 Å². The van der Waals surface area contributed by atoms with Crippen molar-refractivity contribution in [2.45, 2.75) is 20.3 Å². The molecule has 1 N–H and O–H groups in total. The van der Waals surface area contributed by atoms with Gasteiger partial charge in [-0.1, -0.05) is 6.92 Å². The van der Waals surface area contributed by atoms with Crippen LogP contribution in [0.4, 0.5) is 0 Å². The Kier molecular flexibility index (Phi) is 4.76. The number of rotatable bonds is 4. The number of carbonyl (C=O) groups excluding carboxylic acids is 2. The van der Waals surface area contributed by atoms with Crippen LogP contribution in [0.1, 0.15) is 20.3 Å². The molecule has 0 radical (unpaired) electrons. The molecule has 4 heteroatoms. The molecule has 12 heavy (non-hydrogen) atoms. The Morgan fingerprint density at radius 3 is 2.42 bits per heavy atom. The third kappa shape index (κ3) is 3.18. The molecule has 0 amide bonds. The summed E-state index contributed by atoms with van der Waals surface area (Å²) in [6.45, 7) is 3.28. The Labute approximate surface area is 70.8 Å². The number of hydrogen-bond acceptors (Lipinski definition) is 4. The number of ketones is 1. The van der Waals surface area contributed by atoms with Crippen LogP contribution in [0, 0.1) is 0 Å². The second kappa shape index (κ2) is 5.35. The molecule has 0 bridgehead atoms. The predicted octanol–water partition coefficient (Wildman–Crippen LogP) is 0.971. The Morgan fingerprint density at radius 1 is 1.50 bits per heavy atom. The first-order valence-corrected chi connectivity index (χ1v) is 3.66. The standard InChI is InChI=1S/C8H12O4/c1-3-4-12-8(11)7(5-9)6(2)10/h5,9H,3-4H2,1-2H3. The van der Waals surface area contributed by atoms with Crippen LogP contribution in [0.3, 0.4) is 0 Å². The minimum Gasteiger partial charge on any atom is -0.515 e. The highest BCUT2D eigenvalue weighted by Gasteiger charge is 2.15. The third-order valence-electron chi connectivity index (χ3n) is 1.17. The normalized spacial score (nSPS) is 11.0. The molecule has 0 aliphatic rings. The molecule has 4 nitrogen and oxygen atoms in total. The van der Waals surface area contributed by atoms with E-state index in [2.05, 4.69) is 4.74 Å². The molecular formula is C8H12O4. The van der Waals surface area contributed by atoms with Crippen LogP contribution < -0.4 is 0 Å². The summed E-state index contributed by atoms with van der Waals surface area (Å²) < 4.78 is 4.62. The summed E-state index contributed by atoms with van der Waals surface area (Å²) in [5.74, 6) is -1.27. The largest absolute Gasteiger partial charge is 0.515 e. The first-order chi connectivity index (χ1) is 5.63. The van der Waals surface area contributed by atoms with Crippen molar-refractivity contribution in [3.05, 3.63) is 11.8 Å². The first-order valence-electron chi connectivity index (χ1n) is 3.66. The Bertz CT molecular complexity index is 205. The van der Waals surface area contributed by atoms with E-state index < -0.39 is 11.8 Å². The van der Waals surface area contributed by atoms with E-state index in [1.165, 1.54) is 6.92 Å². The van der Waals surface area contributed by atoms with Crippen LogP contribution in [0.15, 0.2) is 11.8 Å². The van der Waals surface area contributed by atoms with E-state index in [1.54, 1.807) is 0 Å². The average Bonchev–Trinajstić information content (AvgIpc) is 2.01. The molecule has 0 heterocycles. The van der Waals surface area contributed by atoms with E-state index >= 15 is 0 Å². The number of esters is 1. The van der Waals surface area contributed by atoms with Gasteiger partial charge in [-0.3, -0.25) is 4.79 Å². The molecule has 0 saturated carbocycles. The van der Waals surface area contributed by atoms with Crippen molar-refractivity contribution in [3.8, 4) is 0 Å². The number of aliphatic hydroxyl groups is 1. The first kappa shape index (κ1) is 10.7. The fourth-order valence-electron chi connectivity index (χ4n) is 0.560. The summed E-state index contributed by atoms with van der Waals surface area (Å²) >= 11 is 0. The highest BCUT2D eigenvalue weighted by atomic mass is 16.5. The molecule has 0 aliphatic carbocycles. The molecule has 0 rings (SSSR count). The van der Waals surface area contributed by atoms with Gasteiger partial charge in [0.15, 0.2) is 5.78 Å². The molecular weight excluding hydrogens is 160 g/mol. The minimum absolute atomic E-state index is 0.253. The summed E-state index contributed by atoms with van der Waals surface area (Å²) in [7, 11) is 0. The molecule has 0 saturated heterocycles. The van der Waals surface area contributed by atoms with Gasteiger partial charge in [0.25, 0.3) is 0 Å². The van der Waals surface area contributed by atoms with Gasteiger partial charge in [0, 0.05) is 0 Å². The van der Waals surface area contributed by atoms with Crippen LogP contribution in [0.2, 0.25) is 0 Å². The van der Waals surface area contributed by atoms with E-state index in [9.17, 15) is 9.59 Å². The van der Waals surface area contributed by atoms with Gasteiger partial charge in [-0.25, -0.2) is 4.79 Å². The smallest absolute Gasteiger partial charge is 0.344 e. The molecule has 0 fully saturated rings. The number of ether oxygens (including phenoxy) is 1. The van der Waals surface area contributed by atoms with E-state index in [4.69, 9.17) is 5.11 Å². The minimum atomic E-state index is -0.771. The zero-order valence-electron chi connectivity index (χ0n) is 7.16. The highest BCUT2D eigenvalue weighted by Crippen LogP contribution is 1.98. The summed E-state index contributed by atoms with van der Waals surface area (Å²) in [5.41, 5.74) is -0.316. The monoisotopic (exact) mass is 172 g/mol. The SMILES string of the molecule is CCCOC(=O)C(=CO)C(C)=O. The van der Waals surface area contributed by atoms with E-state index in [-0.39, 0.29) is 12.2 Å². The van der Waals surface area contributed by atoms with Crippen LogP contribution in [-0.4, -0.2) is 23.5 Å². The second-order valence-electron chi connectivity index (χ2n) is 2.23. The second-order valence-corrected chi connectivity index (χ2v) is 2.23. The van der Waals surface area contributed by atoms with Gasteiger partial charge in [0.1, 0.15) is 5.57 Å². The zero-order valence-corrected chi connectivity index (χ0v) is 7.16. The highest BCUT2D eigenvalue weighted by molar-refractivity contribution is 6.16. The summed E-state index contributed by atoms with van der Waals surface area (Å²) in [6, 6.07) is 0. The van der Waals surface area contributed by atoms with Crippen molar-refractivity contribution in [3.63, 3.8) is 0 Å². The third-order valence-corrected chi connectivity index (χ3v) is 1.17. The maximum atomic E-state index is 10.9. The van der Waals surface area contributed by atoms with Gasteiger partial charge in [-0.15, -0.1) is 0 Å². The number of hydrogen-bond donors (Lipinski definition) is 1. The van der Waals surface area contributed by atoms with Crippen molar-refractivity contribution in [2.24, 2.45) is 0 Å². The van der Waals surface area contributed by atoms with Crippen LogP contribution in [0.5, 0.6) is 0 Å². The van der Waals surface area contributed by atoms with Crippen LogP contribution >= 0.6 is 0 Å². The fraction of sp³-hybridized carbons (Fsp3) is 0.500. The van der Waals surface area contributed by atoms with E-state index in [1.807, 2.05) is 6.92 Å². The van der Waals surface area contributed by atoms with Gasteiger partial charge in [-0.2, -0.15) is 0 Å².